The van der Waals surface area contributed by atoms with Crippen LogP contribution in [0.3, 0.4) is 0 Å². The lowest BCUT2D eigenvalue weighted by Crippen LogP contribution is -2.37. The summed E-state index contributed by atoms with van der Waals surface area (Å²) < 4.78 is 11.1. The third-order valence-electron chi connectivity index (χ3n) is 2.74. The highest BCUT2D eigenvalue weighted by Gasteiger charge is 2.13. The number of ether oxygens (including phenoxy) is 2. The van der Waals surface area contributed by atoms with Crippen molar-refractivity contribution in [3.05, 3.63) is 30.9 Å². The van der Waals surface area contributed by atoms with Gasteiger partial charge in [0.1, 0.15) is 6.04 Å². The summed E-state index contributed by atoms with van der Waals surface area (Å²) in [4.78, 5) is 11.8. The molecule has 0 radical (unpaired) electrons. The quantitative estimate of drug-likeness (QED) is 0.687. The Balaban J connectivity index is 2.76. The Morgan fingerprint density at radius 2 is 1.95 bits per heavy atom. The third kappa shape index (κ3) is 5.38. The van der Waals surface area contributed by atoms with Crippen LogP contribution >= 0.6 is 0 Å². The number of amides is 1. The van der Waals surface area contributed by atoms with Gasteiger partial charge >= 0.3 is 0 Å². The van der Waals surface area contributed by atoms with Gasteiger partial charge in [0.2, 0.25) is 5.91 Å². The molecule has 2 N–H and O–H groups in total. The number of rotatable bonds is 9. The fourth-order valence-corrected chi connectivity index (χ4v) is 1.78. The van der Waals surface area contributed by atoms with Crippen molar-refractivity contribution in [2.45, 2.75) is 26.8 Å². The molecule has 1 aromatic carbocycles. The van der Waals surface area contributed by atoms with Gasteiger partial charge in [-0.3, -0.25) is 4.79 Å². The first kappa shape index (κ1) is 16.9. The Bertz CT molecular complexity index is 475. The Kier molecular flexibility index (Phi) is 7.15. The molecule has 1 rings (SSSR count). The minimum Gasteiger partial charge on any atom is -0.490 e. The summed E-state index contributed by atoms with van der Waals surface area (Å²) in [5.74, 6) is 1.29. The first-order valence-electron chi connectivity index (χ1n) is 7.17. The van der Waals surface area contributed by atoms with Gasteiger partial charge in [0, 0.05) is 18.3 Å². The van der Waals surface area contributed by atoms with E-state index in [0.29, 0.717) is 31.3 Å². The van der Waals surface area contributed by atoms with Crippen molar-refractivity contribution in [3.8, 4) is 11.5 Å². The number of hydrogen-bond acceptors (Lipinski definition) is 4. The Labute approximate surface area is 126 Å². The zero-order chi connectivity index (χ0) is 15.7. The molecule has 0 aliphatic rings. The molecule has 0 aliphatic carbocycles. The SMILES string of the molecule is C=CCNC(=O)C(C)Nc1ccc(OCC)c(OCC)c1. The maximum Gasteiger partial charge on any atom is 0.242 e. The fourth-order valence-electron chi connectivity index (χ4n) is 1.78. The molecule has 1 amide bonds. The highest BCUT2D eigenvalue weighted by Crippen LogP contribution is 2.30. The number of anilines is 1. The van der Waals surface area contributed by atoms with Gasteiger partial charge in [-0.15, -0.1) is 6.58 Å². The van der Waals surface area contributed by atoms with Gasteiger partial charge in [-0.1, -0.05) is 6.08 Å². The average molecular weight is 292 g/mol. The van der Waals surface area contributed by atoms with Crippen molar-refractivity contribution in [3.63, 3.8) is 0 Å². The van der Waals surface area contributed by atoms with E-state index in [1.54, 1.807) is 13.0 Å². The van der Waals surface area contributed by atoms with Crippen LogP contribution in [0.25, 0.3) is 0 Å². The molecule has 1 atom stereocenters. The first-order chi connectivity index (χ1) is 10.1. The molecule has 0 heterocycles. The number of hydrogen-bond donors (Lipinski definition) is 2. The van der Waals surface area contributed by atoms with E-state index < -0.39 is 0 Å². The summed E-state index contributed by atoms with van der Waals surface area (Å²) in [5, 5.41) is 5.89. The molecule has 0 spiro atoms. The molecule has 0 aliphatic heterocycles. The molecular weight excluding hydrogens is 268 g/mol. The van der Waals surface area contributed by atoms with Crippen LogP contribution in [-0.2, 0) is 4.79 Å². The minimum atomic E-state index is -0.350. The summed E-state index contributed by atoms with van der Waals surface area (Å²) in [6.07, 6.45) is 1.65. The molecule has 5 nitrogen and oxygen atoms in total. The second kappa shape index (κ2) is 8.89. The van der Waals surface area contributed by atoms with Crippen LogP contribution in [0.5, 0.6) is 11.5 Å². The van der Waals surface area contributed by atoms with E-state index in [4.69, 9.17) is 9.47 Å². The van der Waals surface area contributed by atoms with Crippen molar-refractivity contribution >= 4 is 11.6 Å². The van der Waals surface area contributed by atoms with Crippen LogP contribution in [0.1, 0.15) is 20.8 Å². The van der Waals surface area contributed by atoms with Gasteiger partial charge < -0.3 is 20.1 Å². The number of carbonyl (C=O) groups is 1. The number of benzene rings is 1. The molecule has 0 bridgehead atoms. The summed E-state index contributed by atoms with van der Waals surface area (Å²) in [7, 11) is 0. The number of carbonyl (C=O) groups excluding carboxylic acids is 1. The molecule has 1 aromatic rings. The normalized spacial score (nSPS) is 11.4. The smallest absolute Gasteiger partial charge is 0.242 e. The Morgan fingerprint density at radius 1 is 1.29 bits per heavy atom. The van der Waals surface area contributed by atoms with Crippen LogP contribution in [0.15, 0.2) is 30.9 Å². The van der Waals surface area contributed by atoms with Crippen LogP contribution in [-0.4, -0.2) is 31.7 Å². The van der Waals surface area contributed by atoms with E-state index in [-0.39, 0.29) is 11.9 Å². The molecule has 5 heteroatoms. The van der Waals surface area contributed by atoms with Gasteiger partial charge in [0.05, 0.1) is 13.2 Å². The molecule has 0 fully saturated rings. The van der Waals surface area contributed by atoms with E-state index in [1.807, 2.05) is 32.0 Å². The second-order valence-corrected chi connectivity index (χ2v) is 4.43. The van der Waals surface area contributed by atoms with Crippen molar-refractivity contribution < 1.29 is 14.3 Å². The van der Waals surface area contributed by atoms with E-state index in [9.17, 15) is 4.79 Å². The topological polar surface area (TPSA) is 59.6 Å². The van der Waals surface area contributed by atoms with Gasteiger partial charge in [-0.05, 0) is 32.9 Å². The molecule has 0 aromatic heterocycles. The minimum absolute atomic E-state index is 0.0817. The average Bonchev–Trinajstić information content (AvgIpc) is 2.47. The molecule has 0 saturated heterocycles. The summed E-state index contributed by atoms with van der Waals surface area (Å²) >= 11 is 0. The molecule has 116 valence electrons. The van der Waals surface area contributed by atoms with E-state index in [0.717, 1.165) is 5.69 Å². The molecular formula is C16H24N2O3. The maximum atomic E-state index is 11.8. The Hall–Kier alpha value is -2.17. The fraction of sp³-hybridized carbons (Fsp3) is 0.438. The predicted molar refractivity (Wildman–Crippen MR) is 85.1 cm³/mol. The standard InChI is InChI=1S/C16H24N2O3/c1-5-10-17-16(19)12(4)18-13-8-9-14(20-6-2)15(11-13)21-7-3/h5,8-9,11-12,18H,1,6-7,10H2,2-4H3,(H,17,19). The largest absolute Gasteiger partial charge is 0.490 e. The number of nitrogens with one attached hydrogen (secondary N) is 2. The highest BCUT2D eigenvalue weighted by molar-refractivity contribution is 5.84. The van der Waals surface area contributed by atoms with Crippen LogP contribution < -0.4 is 20.1 Å². The van der Waals surface area contributed by atoms with Crippen molar-refractivity contribution in [2.75, 3.05) is 25.1 Å². The first-order valence-corrected chi connectivity index (χ1v) is 7.17. The van der Waals surface area contributed by atoms with E-state index >= 15 is 0 Å². The van der Waals surface area contributed by atoms with Gasteiger partial charge in [0.15, 0.2) is 11.5 Å². The lowest BCUT2D eigenvalue weighted by Gasteiger charge is -2.17. The van der Waals surface area contributed by atoms with Crippen molar-refractivity contribution in [1.29, 1.82) is 0 Å². The van der Waals surface area contributed by atoms with E-state index in [1.165, 1.54) is 0 Å². The summed E-state index contributed by atoms with van der Waals surface area (Å²) in [6.45, 7) is 10.8. The zero-order valence-electron chi connectivity index (χ0n) is 12.9. The lowest BCUT2D eigenvalue weighted by atomic mass is 10.2. The van der Waals surface area contributed by atoms with Gasteiger partial charge in [-0.2, -0.15) is 0 Å². The second-order valence-electron chi connectivity index (χ2n) is 4.43. The summed E-state index contributed by atoms with van der Waals surface area (Å²) in [6, 6.07) is 5.19. The zero-order valence-corrected chi connectivity index (χ0v) is 12.9. The van der Waals surface area contributed by atoms with Gasteiger partial charge in [0.25, 0.3) is 0 Å². The Morgan fingerprint density at radius 3 is 2.57 bits per heavy atom. The molecule has 1 unspecified atom stereocenters. The summed E-state index contributed by atoms with van der Waals surface area (Å²) in [5.41, 5.74) is 0.808. The third-order valence-corrected chi connectivity index (χ3v) is 2.74. The predicted octanol–water partition coefficient (Wildman–Crippen LogP) is 2.59. The lowest BCUT2D eigenvalue weighted by molar-refractivity contribution is -0.121. The van der Waals surface area contributed by atoms with Crippen LogP contribution in [0.4, 0.5) is 5.69 Å². The maximum absolute atomic E-state index is 11.8. The van der Waals surface area contributed by atoms with Crippen molar-refractivity contribution in [2.24, 2.45) is 0 Å². The molecule has 0 saturated carbocycles. The highest BCUT2D eigenvalue weighted by atomic mass is 16.5. The van der Waals surface area contributed by atoms with Crippen LogP contribution in [0, 0.1) is 0 Å². The van der Waals surface area contributed by atoms with Gasteiger partial charge in [-0.25, -0.2) is 0 Å². The van der Waals surface area contributed by atoms with E-state index in [2.05, 4.69) is 17.2 Å². The monoisotopic (exact) mass is 292 g/mol. The van der Waals surface area contributed by atoms with Crippen LogP contribution in [0.2, 0.25) is 0 Å². The molecule has 21 heavy (non-hydrogen) atoms. The van der Waals surface area contributed by atoms with Crippen molar-refractivity contribution in [1.82, 2.24) is 5.32 Å².